The molecule has 2 heterocycles. The third kappa shape index (κ3) is 2.30. The van der Waals surface area contributed by atoms with Crippen LogP contribution in [-0.2, 0) is 0 Å². The van der Waals surface area contributed by atoms with E-state index in [1.165, 1.54) is 0 Å². The van der Waals surface area contributed by atoms with E-state index in [-0.39, 0.29) is 0 Å². The second-order valence-electron chi connectivity index (χ2n) is 3.86. The topological polar surface area (TPSA) is 61.0 Å². The summed E-state index contributed by atoms with van der Waals surface area (Å²) in [5, 5.41) is 8.02. The van der Waals surface area contributed by atoms with Crippen molar-refractivity contribution in [2.75, 3.05) is 7.11 Å². The van der Waals surface area contributed by atoms with Gasteiger partial charge >= 0.3 is 0 Å². The first-order valence-electron chi connectivity index (χ1n) is 5.76. The van der Waals surface area contributed by atoms with Crippen LogP contribution in [0.25, 0.3) is 23.0 Å². The van der Waals surface area contributed by atoms with Crippen LogP contribution in [0.3, 0.4) is 0 Å². The van der Waals surface area contributed by atoms with Crippen LogP contribution in [0.2, 0.25) is 0 Å². The summed E-state index contributed by atoms with van der Waals surface area (Å²) in [5.41, 5.74) is 1.47. The number of aromatic nitrogens is 3. The van der Waals surface area contributed by atoms with E-state index >= 15 is 0 Å². The zero-order valence-electron chi connectivity index (χ0n) is 10.3. The Morgan fingerprint density at radius 1 is 1.00 bits per heavy atom. The Kier molecular flexibility index (Phi) is 2.94. The summed E-state index contributed by atoms with van der Waals surface area (Å²) in [5.74, 6) is 1.59. The highest BCUT2D eigenvalue weighted by atomic mass is 16.5. The van der Waals surface area contributed by atoms with Crippen molar-refractivity contribution >= 4 is 0 Å². The molecule has 0 bridgehead atoms. The fourth-order valence-corrected chi connectivity index (χ4v) is 1.69. The van der Waals surface area contributed by atoms with Gasteiger partial charge in [0.05, 0.1) is 7.11 Å². The van der Waals surface area contributed by atoms with Gasteiger partial charge in [-0.05, 0) is 30.3 Å². The quantitative estimate of drug-likeness (QED) is 0.718. The first-order chi connectivity index (χ1) is 9.36. The molecule has 0 saturated carbocycles. The van der Waals surface area contributed by atoms with Crippen molar-refractivity contribution in [2.45, 2.75) is 0 Å². The maximum Gasteiger partial charge on any atom is 0.266 e. The van der Waals surface area contributed by atoms with Gasteiger partial charge in [-0.15, -0.1) is 10.2 Å². The molecule has 0 radical (unpaired) electrons. The van der Waals surface area contributed by atoms with Crippen LogP contribution < -0.4 is 4.74 Å². The van der Waals surface area contributed by atoms with Gasteiger partial charge in [0, 0.05) is 11.8 Å². The summed E-state index contributed by atoms with van der Waals surface area (Å²) in [6.07, 6.45) is 1.69. The van der Waals surface area contributed by atoms with Gasteiger partial charge in [0.15, 0.2) is 0 Å². The Bertz CT molecular complexity index is 680. The van der Waals surface area contributed by atoms with Crippen molar-refractivity contribution in [1.82, 2.24) is 15.2 Å². The van der Waals surface area contributed by atoms with Crippen LogP contribution in [0.1, 0.15) is 0 Å². The van der Waals surface area contributed by atoms with Crippen molar-refractivity contribution in [2.24, 2.45) is 0 Å². The van der Waals surface area contributed by atoms with Crippen LogP contribution in [-0.4, -0.2) is 22.3 Å². The van der Waals surface area contributed by atoms with Crippen LogP contribution in [0.5, 0.6) is 5.75 Å². The molecule has 0 fully saturated rings. The lowest BCUT2D eigenvalue weighted by atomic mass is 10.2. The first kappa shape index (κ1) is 11.4. The Hall–Kier alpha value is -2.69. The molecule has 3 aromatic rings. The van der Waals surface area contributed by atoms with E-state index in [0.29, 0.717) is 17.5 Å². The predicted molar refractivity (Wildman–Crippen MR) is 69.5 cm³/mol. The maximum atomic E-state index is 5.61. The molecule has 94 valence electrons. The molecule has 3 rings (SSSR count). The normalized spacial score (nSPS) is 10.4. The van der Waals surface area contributed by atoms with Gasteiger partial charge in [0.1, 0.15) is 11.4 Å². The molecule has 0 unspecified atom stereocenters. The Morgan fingerprint density at radius 3 is 2.68 bits per heavy atom. The minimum Gasteiger partial charge on any atom is -0.497 e. The fraction of sp³-hybridized carbons (Fsp3) is 0.0714. The molecule has 0 aliphatic carbocycles. The van der Waals surface area contributed by atoms with Gasteiger partial charge in [-0.25, -0.2) is 0 Å². The minimum absolute atomic E-state index is 0.401. The van der Waals surface area contributed by atoms with Gasteiger partial charge in [0.2, 0.25) is 5.89 Å². The lowest BCUT2D eigenvalue weighted by Gasteiger charge is -2.00. The maximum absolute atomic E-state index is 5.61. The van der Waals surface area contributed by atoms with Crippen LogP contribution in [0.15, 0.2) is 53.1 Å². The average Bonchev–Trinajstić information content (AvgIpc) is 2.98. The molecule has 1 aromatic carbocycles. The van der Waals surface area contributed by atoms with Crippen molar-refractivity contribution in [3.05, 3.63) is 48.7 Å². The van der Waals surface area contributed by atoms with Crippen LogP contribution in [0, 0.1) is 0 Å². The second kappa shape index (κ2) is 4.89. The molecule has 0 N–H and O–H groups in total. The van der Waals surface area contributed by atoms with Gasteiger partial charge < -0.3 is 9.15 Å². The van der Waals surface area contributed by atoms with E-state index in [2.05, 4.69) is 15.2 Å². The minimum atomic E-state index is 0.401. The van der Waals surface area contributed by atoms with Crippen LogP contribution in [0.4, 0.5) is 0 Å². The summed E-state index contributed by atoms with van der Waals surface area (Å²) >= 11 is 0. The molecule has 0 saturated heterocycles. The molecule has 19 heavy (non-hydrogen) atoms. The molecular formula is C14H11N3O2. The lowest BCUT2D eigenvalue weighted by molar-refractivity contribution is 0.415. The number of methoxy groups -OCH3 is 1. The smallest absolute Gasteiger partial charge is 0.266 e. The predicted octanol–water partition coefficient (Wildman–Crippen LogP) is 2.81. The van der Waals surface area contributed by atoms with E-state index in [1.54, 1.807) is 13.3 Å². The zero-order chi connectivity index (χ0) is 13.1. The number of pyridine rings is 1. The molecule has 0 spiro atoms. The molecular weight excluding hydrogens is 242 g/mol. The van der Waals surface area contributed by atoms with Crippen molar-refractivity contribution in [1.29, 1.82) is 0 Å². The SMILES string of the molecule is COc1cccc(-c2nnc(-c3ccccn3)o2)c1. The zero-order valence-corrected chi connectivity index (χ0v) is 10.3. The Morgan fingerprint density at radius 2 is 1.89 bits per heavy atom. The standard InChI is InChI=1S/C14H11N3O2/c1-18-11-6-4-5-10(9-11)13-16-17-14(19-13)12-7-2-3-8-15-12/h2-9H,1H3. The number of hydrogen-bond donors (Lipinski definition) is 0. The number of benzene rings is 1. The molecule has 2 aromatic heterocycles. The largest absolute Gasteiger partial charge is 0.497 e. The van der Waals surface area contributed by atoms with Crippen molar-refractivity contribution < 1.29 is 9.15 Å². The monoisotopic (exact) mass is 253 g/mol. The molecule has 0 atom stereocenters. The summed E-state index contributed by atoms with van der Waals surface area (Å²) in [6, 6.07) is 13.0. The molecule has 0 aliphatic rings. The molecule has 5 nitrogen and oxygen atoms in total. The fourth-order valence-electron chi connectivity index (χ4n) is 1.69. The number of hydrogen-bond acceptors (Lipinski definition) is 5. The molecule has 0 amide bonds. The van der Waals surface area contributed by atoms with Gasteiger partial charge in [0.25, 0.3) is 5.89 Å². The van der Waals surface area contributed by atoms with E-state index in [9.17, 15) is 0 Å². The number of nitrogens with zero attached hydrogens (tertiary/aromatic N) is 3. The van der Waals surface area contributed by atoms with E-state index in [0.717, 1.165) is 11.3 Å². The summed E-state index contributed by atoms with van der Waals surface area (Å²) in [7, 11) is 1.62. The lowest BCUT2D eigenvalue weighted by Crippen LogP contribution is -1.83. The van der Waals surface area contributed by atoms with E-state index < -0.39 is 0 Å². The van der Waals surface area contributed by atoms with Crippen molar-refractivity contribution in [3.63, 3.8) is 0 Å². The number of rotatable bonds is 3. The highest BCUT2D eigenvalue weighted by Gasteiger charge is 2.11. The van der Waals surface area contributed by atoms with Gasteiger partial charge in [-0.3, -0.25) is 4.98 Å². The average molecular weight is 253 g/mol. The molecule has 5 heteroatoms. The summed E-state index contributed by atoms with van der Waals surface area (Å²) in [4.78, 5) is 4.17. The van der Waals surface area contributed by atoms with Crippen molar-refractivity contribution in [3.8, 4) is 28.8 Å². The highest BCUT2D eigenvalue weighted by molar-refractivity contribution is 5.57. The highest BCUT2D eigenvalue weighted by Crippen LogP contribution is 2.25. The second-order valence-corrected chi connectivity index (χ2v) is 3.86. The van der Waals surface area contributed by atoms with E-state index in [4.69, 9.17) is 9.15 Å². The summed E-state index contributed by atoms with van der Waals surface area (Å²) in [6.45, 7) is 0. The van der Waals surface area contributed by atoms with Gasteiger partial charge in [-0.2, -0.15) is 0 Å². The summed E-state index contributed by atoms with van der Waals surface area (Å²) < 4.78 is 10.8. The van der Waals surface area contributed by atoms with Crippen LogP contribution >= 0.6 is 0 Å². The Balaban J connectivity index is 1.97. The Labute approximate surface area is 109 Å². The third-order valence-electron chi connectivity index (χ3n) is 2.63. The third-order valence-corrected chi connectivity index (χ3v) is 2.63. The first-order valence-corrected chi connectivity index (χ1v) is 5.76. The number of ether oxygens (including phenoxy) is 1. The van der Waals surface area contributed by atoms with E-state index in [1.807, 2.05) is 42.5 Å². The molecule has 0 aliphatic heterocycles. The van der Waals surface area contributed by atoms with Gasteiger partial charge in [-0.1, -0.05) is 12.1 Å².